The number of nitrogens with one attached hydrogen (secondary N) is 2. The van der Waals surface area contributed by atoms with Gasteiger partial charge >= 0.3 is 0 Å². The zero-order chi connectivity index (χ0) is 21.7. The highest BCUT2D eigenvalue weighted by Crippen LogP contribution is 2.26. The van der Waals surface area contributed by atoms with Gasteiger partial charge in [-0.15, -0.1) is 0 Å². The van der Waals surface area contributed by atoms with Gasteiger partial charge in [-0.25, -0.2) is 9.97 Å². The molecule has 2 N–H and O–H groups in total. The molecule has 1 aromatic heterocycles. The molecule has 7 heteroatoms. The van der Waals surface area contributed by atoms with Crippen molar-refractivity contribution in [1.29, 1.82) is 0 Å². The molecule has 6 nitrogen and oxygen atoms in total. The molecule has 3 aromatic rings. The van der Waals surface area contributed by atoms with E-state index in [4.69, 9.17) is 0 Å². The van der Waals surface area contributed by atoms with Crippen LogP contribution in [0.4, 0.5) is 5.69 Å². The van der Waals surface area contributed by atoms with E-state index in [1.807, 2.05) is 64.1 Å². The van der Waals surface area contributed by atoms with E-state index in [1.54, 1.807) is 12.1 Å². The summed E-state index contributed by atoms with van der Waals surface area (Å²) in [6.07, 6.45) is 0. The maximum Gasteiger partial charge on any atom is 0.251 e. The van der Waals surface area contributed by atoms with Crippen molar-refractivity contribution >= 4 is 29.3 Å². The largest absolute Gasteiger partial charge is 0.343 e. The third-order valence-corrected chi connectivity index (χ3v) is 5.08. The second-order valence-electron chi connectivity index (χ2n) is 7.17. The molecular weight excluding hydrogens is 396 g/mol. The Bertz CT molecular complexity index is 1040. The van der Waals surface area contributed by atoms with Gasteiger partial charge in [-0.1, -0.05) is 17.2 Å². The van der Waals surface area contributed by atoms with Gasteiger partial charge in [0.15, 0.2) is 5.16 Å². The lowest BCUT2D eigenvalue weighted by Crippen LogP contribution is -2.32. The summed E-state index contributed by atoms with van der Waals surface area (Å²) >= 11 is 1.47. The molecule has 1 heterocycles. The molecule has 0 atom stereocenters. The van der Waals surface area contributed by atoms with Crippen LogP contribution in [0.15, 0.2) is 58.6 Å². The second-order valence-corrected chi connectivity index (χ2v) is 8.21. The van der Waals surface area contributed by atoms with Crippen molar-refractivity contribution in [3.8, 4) is 0 Å². The maximum absolute atomic E-state index is 12.3. The van der Waals surface area contributed by atoms with Crippen LogP contribution in [-0.2, 0) is 4.79 Å². The first-order chi connectivity index (χ1) is 14.3. The minimum absolute atomic E-state index is 0.0985. The van der Waals surface area contributed by atoms with Gasteiger partial charge in [0.05, 0.1) is 6.54 Å². The number of anilines is 1. The van der Waals surface area contributed by atoms with Crippen molar-refractivity contribution in [1.82, 2.24) is 15.3 Å². The van der Waals surface area contributed by atoms with E-state index in [-0.39, 0.29) is 18.4 Å². The standard InChI is InChI=1S/C23H24N4O2S/c1-14-9-15(2)11-18(10-14)22(29)24-13-21(28)27-19-5-7-20(8-6-19)30-23-25-16(3)12-17(4)26-23/h5-12H,13H2,1-4H3,(H,24,29)(H,27,28). The average Bonchev–Trinajstić information content (AvgIpc) is 2.66. The second kappa shape index (κ2) is 9.54. The molecule has 0 bridgehead atoms. The number of amides is 2. The lowest BCUT2D eigenvalue weighted by molar-refractivity contribution is -0.115. The third kappa shape index (κ3) is 6.15. The third-order valence-electron chi connectivity index (χ3n) is 4.20. The summed E-state index contributed by atoms with van der Waals surface area (Å²) in [7, 11) is 0. The van der Waals surface area contributed by atoms with Gasteiger partial charge in [-0.05, 0) is 81.9 Å². The monoisotopic (exact) mass is 420 g/mol. The van der Waals surface area contributed by atoms with Gasteiger partial charge in [0, 0.05) is 27.5 Å². The van der Waals surface area contributed by atoms with Gasteiger partial charge in [0.25, 0.3) is 5.91 Å². The van der Waals surface area contributed by atoms with Crippen LogP contribution >= 0.6 is 11.8 Å². The molecule has 2 amide bonds. The summed E-state index contributed by atoms with van der Waals surface area (Å²) < 4.78 is 0. The zero-order valence-electron chi connectivity index (χ0n) is 17.4. The molecule has 154 valence electrons. The van der Waals surface area contributed by atoms with Crippen LogP contribution in [0, 0.1) is 27.7 Å². The van der Waals surface area contributed by atoms with E-state index in [2.05, 4.69) is 20.6 Å². The van der Waals surface area contributed by atoms with Crippen LogP contribution in [0.3, 0.4) is 0 Å². The van der Waals surface area contributed by atoms with Gasteiger partial charge in [-0.2, -0.15) is 0 Å². The van der Waals surface area contributed by atoms with E-state index in [0.29, 0.717) is 16.4 Å². The Morgan fingerprint density at radius 2 is 1.47 bits per heavy atom. The first kappa shape index (κ1) is 21.5. The number of nitrogens with zero attached hydrogens (tertiary/aromatic N) is 2. The molecule has 3 rings (SSSR count). The normalized spacial score (nSPS) is 10.5. The Labute approximate surface area is 180 Å². The molecular formula is C23H24N4O2S. The van der Waals surface area contributed by atoms with Crippen LogP contribution in [0.1, 0.15) is 32.9 Å². The SMILES string of the molecule is Cc1cc(C)cc(C(=O)NCC(=O)Nc2ccc(Sc3nc(C)cc(C)n3)cc2)c1. The quantitative estimate of drug-likeness (QED) is 0.583. The molecule has 0 aliphatic heterocycles. The van der Waals surface area contributed by atoms with Crippen LogP contribution in [0.5, 0.6) is 0 Å². The van der Waals surface area contributed by atoms with Gasteiger partial charge < -0.3 is 10.6 Å². The molecule has 0 radical (unpaired) electrons. The number of hydrogen-bond acceptors (Lipinski definition) is 5. The minimum atomic E-state index is -0.286. The Kier molecular flexibility index (Phi) is 6.84. The zero-order valence-corrected chi connectivity index (χ0v) is 18.3. The van der Waals surface area contributed by atoms with Crippen LogP contribution in [-0.4, -0.2) is 28.3 Å². The van der Waals surface area contributed by atoms with Crippen LogP contribution in [0.25, 0.3) is 0 Å². The fourth-order valence-corrected chi connectivity index (χ4v) is 3.89. The molecule has 0 fully saturated rings. The van der Waals surface area contributed by atoms with Crippen molar-refractivity contribution < 1.29 is 9.59 Å². The van der Waals surface area contributed by atoms with Crippen molar-refractivity contribution in [2.24, 2.45) is 0 Å². The number of aryl methyl sites for hydroxylation is 4. The minimum Gasteiger partial charge on any atom is -0.343 e. The number of rotatable bonds is 6. The van der Waals surface area contributed by atoms with E-state index < -0.39 is 0 Å². The summed E-state index contributed by atoms with van der Waals surface area (Å²) in [6.45, 7) is 7.65. The van der Waals surface area contributed by atoms with E-state index in [9.17, 15) is 9.59 Å². The van der Waals surface area contributed by atoms with E-state index >= 15 is 0 Å². The summed E-state index contributed by atoms with van der Waals surface area (Å²) in [4.78, 5) is 34.3. The molecule has 30 heavy (non-hydrogen) atoms. The fourth-order valence-electron chi connectivity index (χ4n) is 3.02. The molecule has 0 aliphatic carbocycles. The van der Waals surface area contributed by atoms with Gasteiger partial charge in [0.1, 0.15) is 0 Å². The van der Waals surface area contributed by atoms with Crippen LogP contribution < -0.4 is 10.6 Å². The fraction of sp³-hybridized carbons (Fsp3) is 0.217. The first-order valence-corrected chi connectivity index (χ1v) is 10.4. The highest BCUT2D eigenvalue weighted by molar-refractivity contribution is 7.99. The van der Waals surface area contributed by atoms with Crippen molar-refractivity contribution in [2.75, 3.05) is 11.9 Å². The lowest BCUT2D eigenvalue weighted by Gasteiger charge is -2.09. The Hall–Kier alpha value is -3.19. The number of benzene rings is 2. The van der Waals surface area contributed by atoms with Gasteiger partial charge in [-0.3, -0.25) is 9.59 Å². The lowest BCUT2D eigenvalue weighted by atomic mass is 10.1. The van der Waals surface area contributed by atoms with E-state index in [1.165, 1.54) is 11.8 Å². The van der Waals surface area contributed by atoms with Crippen LogP contribution in [0.2, 0.25) is 0 Å². The Morgan fingerprint density at radius 1 is 0.867 bits per heavy atom. The molecule has 0 saturated heterocycles. The highest BCUT2D eigenvalue weighted by atomic mass is 32.2. The van der Waals surface area contributed by atoms with Crippen molar-refractivity contribution in [3.05, 3.63) is 76.6 Å². The first-order valence-electron chi connectivity index (χ1n) is 9.55. The summed E-state index contributed by atoms with van der Waals surface area (Å²) in [6, 6.07) is 15.0. The van der Waals surface area contributed by atoms with E-state index in [0.717, 1.165) is 27.4 Å². The smallest absolute Gasteiger partial charge is 0.251 e. The average molecular weight is 421 g/mol. The predicted molar refractivity (Wildman–Crippen MR) is 119 cm³/mol. The number of hydrogen-bond donors (Lipinski definition) is 2. The summed E-state index contributed by atoms with van der Waals surface area (Å²) in [5.41, 5.74) is 5.08. The predicted octanol–water partition coefficient (Wildman–Crippen LogP) is 4.23. The Balaban J connectivity index is 1.53. The molecule has 0 saturated carbocycles. The highest BCUT2D eigenvalue weighted by Gasteiger charge is 2.10. The topological polar surface area (TPSA) is 84.0 Å². The molecule has 0 spiro atoms. The number of carbonyl (C=O) groups excluding carboxylic acids is 2. The molecule has 2 aromatic carbocycles. The molecule has 0 unspecified atom stereocenters. The van der Waals surface area contributed by atoms with Gasteiger partial charge in [0.2, 0.25) is 5.91 Å². The summed E-state index contributed by atoms with van der Waals surface area (Å²) in [5, 5.41) is 6.14. The Morgan fingerprint density at radius 3 is 2.07 bits per heavy atom. The molecule has 0 aliphatic rings. The summed E-state index contributed by atoms with van der Waals surface area (Å²) in [5.74, 6) is -0.553. The van der Waals surface area contributed by atoms with Crippen molar-refractivity contribution in [3.63, 3.8) is 0 Å². The maximum atomic E-state index is 12.3. The van der Waals surface area contributed by atoms with Crippen molar-refractivity contribution in [2.45, 2.75) is 37.7 Å². The number of aromatic nitrogens is 2. The number of carbonyl (C=O) groups is 2.